The van der Waals surface area contributed by atoms with Crippen LogP contribution in [0.2, 0.25) is 0 Å². The smallest absolute Gasteiger partial charge is 0.348 e. The van der Waals surface area contributed by atoms with Gasteiger partial charge in [0.25, 0.3) is 0 Å². The second-order valence-electron chi connectivity index (χ2n) is 4.09. The Kier molecular flexibility index (Phi) is 3.47. The highest BCUT2D eigenvalue weighted by atomic mass is 19.2. The molecule has 1 N–H and O–H groups in total. The average molecular weight is 258 g/mol. The summed E-state index contributed by atoms with van der Waals surface area (Å²) in [5, 5.41) is 9.23. The van der Waals surface area contributed by atoms with Gasteiger partial charge in [-0.3, -0.25) is 0 Å². The summed E-state index contributed by atoms with van der Waals surface area (Å²) < 4.78 is 36.2. The third kappa shape index (κ3) is 2.43. The number of carboxylic acid groups (broad SMARTS) is 1. The lowest BCUT2D eigenvalue weighted by molar-refractivity contribution is -0.163. The lowest BCUT2D eigenvalue weighted by Gasteiger charge is -2.33. The van der Waals surface area contributed by atoms with E-state index in [2.05, 4.69) is 0 Å². The van der Waals surface area contributed by atoms with Crippen LogP contribution < -0.4 is 4.74 Å². The topological polar surface area (TPSA) is 55.8 Å². The van der Waals surface area contributed by atoms with Gasteiger partial charge in [0.2, 0.25) is 5.60 Å². The van der Waals surface area contributed by atoms with Crippen molar-refractivity contribution in [1.29, 1.82) is 0 Å². The quantitative estimate of drug-likeness (QED) is 0.900. The van der Waals surface area contributed by atoms with Crippen molar-refractivity contribution in [3.8, 4) is 5.75 Å². The molecule has 6 heteroatoms. The number of hydrogen-bond acceptors (Lipinski definition) is 3. The number of benzene rings is 1. The first-order valence-corrected chi connectivity index (χ1v) is 5.49. The molecule has 1 aromatic carbocycles. The fraction of sp³-hybridized carbons (Fsp3) is 0.417. The maximum absolute atomic E-state index is 13.0. The summed E-state index contributed by atoms with van der Waals surface area (Å²) in [6.45, 7) is 0.520. The maximum Gasteiger partial charge on any atom is 0.348 e. The fourth-order valence-electron chi connectivity index (χ4n) is 1.83. The highest BCUT2D eigenvalue weighted by Gasteiger charge is 2.42. The Morgan fingerprint density at radius 2 is 1.94 bits per heavy atom. The Bertz CT molecular complexity index is 455. The minimum atomic E-state index is -1.43. The van der Waals surface area contributed by atoms with Crippen molar-refractivity contribution in [1.82, 2.24) is 0 Å². The predicted octanol–water partition coefficient (Wildman–Crippen LogP) is 1.98. The van der Waals surface area contributed by atoms with Crippen LogP contribution in [0, 0.1) is 11.6 Å². The monoisotopic (exact) mass is 258 g/mol. The van der Waals surface area contributed by atoms with E-state index in [1.807, 2.05) is 0 Å². The van der Waals surface area contributed by atoms with E-state index >= 15 is 0 Å². The van der Waals surface area contributed by atoms with Gasteiger partial charge in [-0.25, -0.2) is 13.6 Å². The lowest BCUT2D eigenvalue weighted by atomic mass is 9.94. The average Bonchev–Trinajstić information content (AvgIpc) is 2.35. The molecule has 1 aromatic rings. The Morgan fingerprint density at radius 1 is 1.28 bits per heavy atom. The molecule has 2 rings (SSSR count). The summed E-state index contributed by atoms with van der Waals surface area (Å²) in [7, 11) is 0. The zero-order chi connectivity index (χ0) is 13.2. The number of aliphatic carboxylic acids is 1. The van der Waals surface area contributed by atoms with E-state index in [0.29, 0.717) is 0 Å². The highest BCUT2D eigenvalue weighted by molar-refractivity contribution is 5.78. The molecule has 18 heavy (non-hydrogen) atoms. The van der Waals surface area contributed by atoms with Crippen molar-refractivity contribution in [2.75, 3.05) is 13.2 Å². The van der Waals surface area contributed by atoms with Crippen molar-refractivity contribution in [2.24, 2.45) is 0 Å². The van der Waals surface area contributed by atoms with Crippen LogP contribution >= 0.6 is 0 Å². The molecular formula is C12H12F2O4. The molecule has 0 bridgehead atoms. The van der Waals surface area contributed by atoms with Gasteiger partial charge >= 0.3 is 5.97 Å². The molecule has 0 aromatic heterocycles. The third-order valence-corrected chi connectivity index (χ3v) is 2.89. The molecular weight excluding hydrogens is 246 g/mol. The van der Waals surface area contributed by atoms with Crippen LogP contribution in [0.25, 0.3) is 0 Å². The van der Waals surface area contributed by atoms with Gasteiger partial charge in [-0.1, -0.05) is 0 Å². The standard InChI is InChI=1S/C12H12F2O4/c13-9-2-1-8(7-10(9)14)18-12(11(15)16)3-5-17-6-4-12/h1-2,7H,3-6H2,(H,15,16). The van der Waals surface area contributed by atoms with E-state index in [1.54, 1.807) is 0 Å². The Hall–Kier alpha value is -1.69. The van der Waals surface area contributed by atoms with Crippen molar-refractivity contribution in [2.45, 2.75) is 18.4 Å². The minimum Gasteiger partial charge on any atom is -0.478 e. The van der Waals surface area contributed by atoms with Gasteiger partial charge in [0, 0.05) is 18.9 Å². The van der Waals surface area contributed by atoms with Gasteiger partial charge in [-0.15, -0.1) is 0 Å². The van der Waals surface area contributed by atoms with Crippen molar-refractivity contribution < 1.29 is 28.2 Å². The summed E-state index contributed by atoms with van der Waals surface area (Å²) >= 11 is 0. The second kappa shape index (κ2) is 4.89. The molecule has 1 saturated heterocycles. The summed E-state index contributed by atoms with van der Waals surface area (Å²) in [5.41, 5.74) is -1.43. The molecule has 0 radical (unpaired) electrons. The van der Waals surface area contributed by atoms with E-state index in [0.717, 1.165) is 12.1 Å². The number of carbonyl (C=O) groups is 1. The number of halogens is 2. The molecule has 0 unspecified atom stereocenters. The highest BCUT2D eigenvalue weighted by Crippen LogP contribution is 2.29. The maximum atomic E-state index is 13.0. The van der Waals surface area contributed by atoms with Crippen LogP contribution in [0.5, 0.6) is 5.75 Å². The van der Waals surface area contributed by atoms with Gasteiger partial charge < -0.3 is 14.6 Å². The largest absolute Gasteiger partial charge is 0.478 e. The van der Waals surface area contributed by atoms with Crippen molar-refractivity contribution >= 4 is 5.97 Å². The predicted molar refractivity (Wildman–Crippen MR) is 57.4 cm³/mol. The van der Waals surface area contributed by atoms with Gasteiger partial charge in [0.1, 0.15) is 5.75 Å². The SMILES string of the molecule is O=C(O)C1(Oc2ccc(F)c(F)c2)CCOCC1. The van der Waals surface area contributed by atoms with Crippen molar-refractivity contribution in [3.05, 3.63) is 29.8 Å². The number of hydrogen-bond donors (Lipinski definition) is 1. The van der Waals surface area contributed by atoms with Gasteiger partial charge in [0.05, 0.1) is 13.2 Å². The Morgan fingerprint density at radius 3 is 2.50 bits per heavy atom. The molecule has 1 fully saturated rings. The molecule has 0 aliphatic carbocycles. The third-order valence-electron chi connectivity index (χ3n) is 2.89. The molecule has 0 spiro atoms. The fourth-order valence-corrected chi connectivity index (χ4v) is 1.83. The van der Waals surface area contributed by atoms with E-state index in [4.69, 9.17) is 9.47 Å². The summed E-state index contributed by atoms with van der Waals surface area (Å²) in [5.74, 6) is -3.20. The van der Waals surface area contributed by atoms with Crippen LogP contribution in [0.3, 0.4) is 0 Å². The van der Waals surface area contributed by atoms with Crippen LogP contribution in [0.1, 0.15) is 12.8 Å². The van der Waals surface area contributed by atoms with Gasteiger partial charge in [-0.05, 0) is 12.1 Å². The van der Waals surface area contributed by atoms with Crippen LogP contribution in [0.4, 0.5) is 8.78 Å². The van der Waals surface area contributed by atoms with Crippen LogP contribution in [-0.4, -0.2) is 29.9 Å². The lowest BCUT2D eigenvalue weighted by Crippen LogP contribution is -2.49. The minimum absolute atomic E-state index is 0.00167. The molecule has 1 aliphatic rings. The summed E-state index contributed by atoms with van der Waals surface area (Å²) in [4.78, 5) is 11.3. The number of rotatable bonds is 3. The number of carboxylic acids is 1. The van der Waals surface area contributed by atoms with Gasteiger partial charge in [0.15, 0.2) is 11.6 Å². The first-order chi connectivity index (χ1) is 8.53. The first-order valence-electron chi connectivity index (χ1n) is 5.49. The normalized spacial score (nSPS) is 18.3. The van der Waals surface area contributed by atoms with Crippen LogP contribution in [-0.2, 0) is 9.53 Å². The van der Waals surface area contributed by atoms with E-state index in [-0.39, 0.29) is 31.8 Å². The second-order valence-corrected chi connectivity index (χ2v) is 4.09. The zero-order valence-electron chi connectivity index (χ0n) is 9.49. The first kappa shape index (κ1) is 12.8. The Labute approximate surface area is 102 Å². The molecule has 0 atom stereocenters. The molecule has 1 heterocycles. The van der Waals surface area contributed by atoms with E-state index < -0.39 is 23.2 Å². The van der Waals surface area contributed by atoms with Crippen LogP contribution in [0.15, 0.2) is 18.2 Å². The van der Waals surface area contributed by atoms with E-state index in [9.17, 15) is 18.7 Å². The molecule has 4 nitrogen and oxygen atoms in total. The molecule has 98 valence electrons. The van der Waals surface area contributed by atoms with Crippen molar-refractivity contribution in [3.63, 3.8) is 0 Å². The van der Waals surface area contributed by atoms with Gasteiger partial charge in [-0.2, -0.15) is 0 Å². The summed E-state index contributed by atoms with van der Waals surface area (Å²) in [6, 6.07) is 2.95. The molecule has 0 saturated carbocycles. The zero-order valence-corrected chi connectivity index (χ0v) is 9.49. The molecule has 0 amide bonds. The van der Waals surface area contributed by atoms with E-state index in [1.165, 1.54) is 6.07 Å². The Balaban J connectivity index is 2.23. The summed E-state index contributed by atoms with van der Waals surface area (Å²) in [6.07, 6.45) is 0.336. The molecule has 1 aliphatic heterocycles. The number of ether oxygens (including phenoxy) is 2.